The van der Waals surface area contributed by atoms with Crippen molar-refractivity contribution < 1.29 is 0 Å². The molecule has 8 aromatic carbocycles. The summed E-state index contributed by atoms with van der Waals surface area (Å²) in [6.07, 6.45) is 0.960. The molecule has 1 unspecified atom stereocenters. The van der Waals surface area contributed by atoms with E-state index in [1.165, 1.54) is 55.5 Å². The zero-order valence-corrected chi connectivity index (χ0v) is 31.3. The van der Waals surface area contributed by atoms with Crippen molar-refractivity contribution in [1.82, 2.24) is 14.5 Å². The Bertz CT molecular complexity index is 3080. The first-order valence-electron chi connectivity index (χ1n) is 19.7. The quantitative estimate of drug-likeness (QED) is 0.177. The highest BCUT2D eigenvalue weighted by molar-refractivity contribution is 6.10. The van der Waals surface area contributed by atoms with Crippen LogP contribution in [0.25, 0.3) is 72.2 Å². The van der Waals surface area contributed by atoms with E-state index < -0.39 is 0 Å². The van der Waals surface area contributed by atoms with Crippen LogP contribution in [-0.2, 0) is 6.42 Å². The molecular weight excluding hydrogens is 693 g/mol. The van der Waals surface area contributed by atoms with E-state index in [9.17, 15) is 0 Å². The molecule has 3 heterocycles. The van der Waals surface area contributed by atoms with Crippen molar-refractivity contribution >= 4 is 44.1 Å². The summed E-state index contributed by atoms with van der Waals surface area (Å²) in [5.74, 6) is 0.995. The number of fused-ring (bicyclic) bond motifs is 7. The summed E-state index contributed by atoms with van der Waals surface area (Å²) < 4.78 is 2.23. The summed E-state index contributed by atoms with van der Waals surface area (Å²) in [5, 5.41) is 3.38. The van der Waals surface area contributed by atoms with Gasteiger partial charge in [-0.05, 0) is 82.8 Å². The Morgan fingerprint density at radius 1 is 0.456 bits per heavy atom. The fourth-order valence-electron chi connectivity index (χ4n) is 8.93. The second-order valence-corrected chi connectivity index (χ2v) is 15.0. The standard InChI is InChI=1S/C53H38N4/c1-4-16-36(17-5-1)41-32-40-20-10-11-23-43(40)46-33-38(28-30-49(46)56(35-41)42-21-8-3-9-22-42)39-29-31-51-47(34-39)44-24-13-15-27-50(44)57(51)53-54-48-26-14-12-25-45(48)52(55-53)37-18-6-2-7-19-37/h1-31,33-34,41H,32,35H2. The van der Waals surface area contributed by atoms with Crippen molar-refractivity contribution in [2.75, 3.05) is 11.4 Å². The summed E-state index contributed by atoms with van der Waals surface area (Å²) in [6.45, 7) is 0.878. The molecule has 10 aromatic rings. The van der Waals surface area contributed by atoms with Gasteiger partial charge in [0.05, 0.1) is 22.2 Å². The Kier molecular flexibility index (Phi) is 7.99. The van der Waals surface area contributed by atoms with Crippen molar-refractivity contribution in [2.45, 2.75) is 12.3 Å². The number of hydrogen-bond acceptors (Lipinski definition) is 3. The molecule has 57 heavy (non-hydrogen) atoms. The summed E-state index contributed by atoms with van der Waals surface area (Å²) >= 11 is 0. The van der Waals surface area contributed by atoms with E-state index in [0.29, 0.717) is 11.9 Å². The molecule has 0 fully saturated rings. The van der Waals surface area contributed by atoms with Crippen molar-refractivity contribution in [2.24, 2.45) is 0 Å². The number of benzene rings is 8. The number of aromatic nitrogens is 3. The van der Waals surface area contributed by atoms with Gasteiger partial charge in [0.1, 0.15) is 0 Å². The monoisotopic (exact) mass is 730 g/mol. The molecule has 1 aliphatic rings. The van der Waals surface area contributed by atoms with Crippen LogP contribution < -0.4 is 4.90 Å². The molecule has 0 radical (unpaired) electrons. The van der Waals surface area contributed by atoms with Gasteiger partial charge in [-0.3, -0.25) is 4.57 Å². The minimum Gasteiger partial charge on any atom is -0.340 e. The maximum absolute atomic E-state index is 5.28. The Hall–Kier alpha value is -7.30. The maximum atomic E-state index is 5.28. The van der Waals surface area contributed by atoms with Gasteiger partial charge in [0.15, 0.2) is 0 Å². The van der Waals surface area contributed by atoms with Crippen LogP contribution in [-0.4, -0.2) is 21.1 Å². The lowest BCUT2D eigenvalue weighted by atomic mass is 9.84. The predicted octanol–water partition coefficient (Wildman–Crippen LogP) is 13.2. The van der Waals surface area contributed by atoms with E-state index >= 15 is 0 Å². The molecule has 0 saturated carbocycles. The molecule has 0 spiro atoms. The average Bonchev–Trinajstić information content (AvgIpc) is 3.61. The van der Waals surface area contributed by atoms with Crippen molar-refractivity contribution in [1.29, 1.82) is 0 Å². The van der Waals surface area contributed by atoms with Gasteiger partial charge in [0.2, 0.25) is 5.95 Å². The molecule has 11 rings (SSSR count). The Balaban J connectivity index is 1.08. The van der Waals surface area contributed by atoms with Crippen molar-refractivity contribution in [3.63, 3.8) is 0 Å². The number of anilines is 2. The van der Waals surface area contributed by atoms with E-state index in [0.717, 1.165) is 46.2 Å². The van der Waals surface area contributed by atoms with Gasteiger partial charge in [-0.1, -0.05) is 152 Å². The second kappa shape index (κ2) is 13.8. The first-order valence-corrected chi connectivity index (χ1v) is 19.7. The SMILES string of the molecule is c1ccc(-c2nc(-n3c4ccccc4c4cc(-c5ccc6c(c5)-c5ccccc5CC(c5ccccc5)CN6c5ccccc5)ccc43)nc3ccccc23)cc1. The Morgan fingerprint density at radius 2 is 1.11 bits per heavy atom. The normalized spacial score (nSPS) is 14.0. The van der Waals surface area contributed by atoms with Gasteiger partial charge < -0.3 is 4.90 Å². The summed E-state index contributed by atoms with van der Waals surface area (Å²) in [4.78, 5) is 13.0. The topological polar surface area (TPSA) is 34.0 Å². The van der Waals surface area contributed by atoms with Gasteiger partial charge >= 0.3 is 0 Å². The van der Waals surface area contributed by atoms with Crippen molar-refractivity contribution in [3.8, 4) is 39.5 Å². The first-order chi connectivity index (χ1) is 28.3. The molecule has 0 N–H and O–H groups in total. The van der Waals surface area contributed by atoms with Crippen molar-refractivity contribution in [3.05, 3.63) is 211 Å². The molecule has 1 aliphatic heterocycles. The number of para-hydroxylation sites is 3. The highest BCUT2D eigenvalue weighted by atomic mass is 15.2. The van der Waals surface area contributed by atoms with E-state index in [1.54, 1.807) is 0 Å². The lowest BCUT2D eigenvalue weighted by Crippen LogP contribution is -2.27. The van der Waals surface area contributed by atoms with Crippen LogP contribution in [0, 0.1) is 0 Å². The van der Waals surface area contributed by atoms with Crippen LogP contribution in [0.1, 0.15) is 17.0 Å². The first kappa shape index (κ1) is 33.1. The molecule has 4 nitrogen and oxygen atoms in total. The van der Waals surface area contributed by atoms with Crippen LogP contribution in [0.5, 0.6) is 0 Å². The Morgan fingerprint density at radius 3 is 1.95 bits per heavy atom. The number of hydrogen-bond donors (Lipinski definition) is 0. The number of nitrogens with zero attached hydrogens (tertiary/aromatic N) is 4. The van der Waals surface area contributed by atoms with Crippen LogP contribution in [0.15, 0.2) is 200 Å². The Labute approximate surface area is 332 Å². The second-order valence-electron chi connectivity index (χ2n) is 15.0. The average molecular weight is 731 g/mol. The van der Waals surface area contributed by atoms with Crippen LogP contribution in [0.4, 0.5) is 11.4 Å². The third kappa shape index (κ3) is 5.77. The van der Waals surface area contributed by atoms with Gasteiger partial charge in [-0.15, -0.1) is 0 Å². The molecular formula is C53H38N4. The zero-order valence-electron chi connectivity index (χ0n) is 31.3. The molecule has 270 valence electrons. The molecule has 0 amide bonds. The molecule has 0 aliphatic carbocycles. The third-order valence-corrected chi connectivity index (χ3v) is 11.6. The minimum absolute atomic E-state index is 0.329. The zero-order chi connectivity index (χ0) is 37.7. The fourth-order valence-corrected chi connectivity index (χ4v) is 8.93. The largest absolute Gasteiger partial charge is 0.340 e. The van der Waals surface area contributed by atoms with Gasteiger partial charge in [0.25, 0.3) is 0 Å². The van der Waals surface area contributed by atoms with E-state index in [4.69, 9.17) is 9.97 Å². The highest BCUT2D eigenvalue weighted by Gasteiger charge is 2.26. The predicted molar refractivity (Wildman–Crippen MR) is 237 cm³/mol. The van der Waals surface area contributed by atoms with E-state index in [-0.39, 0.29) is 0 Å². The molecule has 0 saturated heterocycles. The molecule has 0 bridgehead atoms. The summed E-state index contributed by atoms with van der Waals surface area (Å²) in [6, 6.07) is 72.1. The lowest BCUT2D eigenvalue weighted by molar-refractivity contribution is 0.679. The molecule has 4 heteroatoms. The van der Waals surface area contributed by atoms with Gasteiger partial charge in [-0.25, -0.2) is 9.97 Å². The number of rotatable bonds is 5. The van der Waals surface area contributed by atoms with E-state index in [1.807, 2.05) is 12.1 Å². The minimum atomic E-state index is 0.329. The molecule has 1 atom stereocenters. The molecule has 2 aromatic heterocycles. The maximum Gasteiger partial charge on any atom is 0.235 e. The lowest BCUT2D eigenvalue weighted by Gasteiger charge is -2.35. The van der Waals surface area contributed by atoms with Crippen LogP contribution in [0.2, 0.25) is 0 Å². The van der Waals surface area contributed by atoms with Gasteiger partial charge in [-0.2, -0.15) is 0 Å². The smallest absolute Gasteiger partial charge is 0.235 e. The van der Waals surface area contributed by atoms with Crippen LogP contribution in [0.3, 0.4) is 0 Å². The fraction of sp³-hybridized carbons (Fsp3) is 0.0566. The van der Waals surface area contributed by atoms with Crippen LogP contribution >= 0.6 is 0 Å². The highest BCUT2D eigenvalue weighted by Crippen LogP contribution is 2.44. The van der Waals surface area contributed by atoms with Gasteiger partial charge in [0, 0.05) is 51.1 Å². The summed E-state index contributed by atoms with van der Waals surface area (Å²) in [7, 11) is 0. The van der Waals surface area contributed by atoms with E-state index in [2.05, 4.69) is 198 Å². The summed E-state index contributed by atoms with van der Waals surface area (Å²) in [5.41, 5.74) is 15.1. The third-order valence-electron chi connectivity index (χ3n) is 11.6.